The quantitative estimate of drug-likeness (QED) is 0.446. The Morgan fingerprint density at radius 3 is 2.83 bits per heavy atom. The van der Waals surface area contributed by atoms with Crippen LogP contribution in [0.5, 0.6) is 5.75 Å². The van der Waals surface area contributed by atoms with Crippen molar-refractivity contribution >= 4 is 23.6 Å². The molecule has 5 rings (SSSR count). The van der Waals surface area contributed by atoms with Crippen LogP contribution < -0.4 is 9.64 Å². The van der Waals surface area contributed by atoms with Crippen molar-refractivity contribution in [1.29, 1.82) is 0 Å². The van der Waals surface area contributed by atoms with Gasteiger partial charge in [-0.05, 0) is 48.6 Å². The van der Waals surface area contributed by atoms with Crippen LogP contribution >= 0.6 is 0 Å². The Morgan fingerprint density at radius 2 is 2.07 bits per heavy atom. The van der Waals surface area contributed by atoms with Crippen LogP contribution in [-0.2, 0) is 16.0 Å². The van der Waals surface area contributed by atoms with Gasteiger partial charge in [0.1, 0.15) is 5.75 Å². The number of urea groups is 1. The minimum atomic E-state index is -0.871. The van der Waals surface area contributed by atoms with Crippen molar-refractivity contribution < 1.29 is 24.2 Å². The van der Waals surface area contributed by atoms with Gasteiger partial charge in [-0.25, -0.2) is 4.79 Å². The number of rotatable bonds is 11. The van der Waals surface area contributed by atoms with Crippen molar-refractivity contribution in [2.75, 3.05) is 57.8 Å². The van der Waals surface area contributed by atoms with Gasteiger partial charge in [0.25, 0.3) is 0 Å². The number of amides is 3. The molecule has 3 atom stereocenters. The number of carboxylic acids is 1. The van der Waals surface area contributed by atoms with Crippen LogP contribution in [0.1, 0.15) is 49.7 Å². The number of unbranched alkanes of at least 4 members (excludes halogenated alkanes) is 1. The van der Waals surface area contributed by atoms with Gasteiger partial charge in [-0.1, -0.05) is 25.5 Å². The van der Waals surface area contributed by atoms with Crippen LogP contribution in [0.25, 0.3) is 0 Å². The number of carbonyl (C=O) groups excluding carboxylic acids is 2. The number of fused-ring (bicyclic) bond motifs is 1. The lowest BCUT2D eigenvalue weighted by Crippen LogP contribution is -2.50. The first-order valence-corrected chi connectivity index (χ1v) is 14.8. The largest absolute Gasteiger partial charge is 0.493 e. The van der Waals surface area contributed by atoms with Crippen LogP contribution in [0.15, 0.2) is 42.7 Å². The molecule has 41 heavy (non-hydrogen) atoms. The van der Waals surface area contributed by atoms with Gasteiger partial charge in [0.2, 0.25) is 5.91 Å². The van der Waals surface area contributed by atoms with Crippen LogP contribution in [0, 0.1) is 5.92 Å². The van der Waals surface area contributed by atoms with E-state index in [0.29, 0.717) is 39.2 Å². The van der Waals surface area contributed by atoms with E-state index >= 15 is 0 Å². The van der Waals surface area contributed by atoms with E-state index < -0.39 is 17.9 Å². The van der Waals surface area contributed by atoms with E-state index in [1.54, 1.807) is 29.2 Å². The van der Waals surface area contributed by atoms with E-state index in [2.05, 4.69) is 18.0 Å². The molecule has 4 heterocycles. The second-order valence-corrected chi connectivity index (χ2v) is 11.4. The molecule has 1 aromatic heterocycles. The summed E-state index contributed by atoms with van der Waals surface area (Å²) in [6.07, 6.45) is 7.35. The first-order chi connectivity index (χ1) is 19.9. The third-order valence-corrected chi connectivity index (χ3v) is 8.72. The smallest absolute Gasteiger partial charge is 0.319 e. The van der Waals surface area contributed by atoms with Gasteiger partial charge in [-0.15, -0.1) is 0 Å². The summed E-state index contributed by atoms with van der Waals surface area (Å²) in [5, 5.41) is 10.6. The van der Waals surface area contributed by atoms with Gasteiger partial charge in [-0.3, -0.25) is 19.5 Å². The molecule has 0 saturated carbocycles. The summed E-state index contributed by atoms with van der Waals surface area (Å²) in [4.78, 5) is 51.1. The maximum Gasteiger partial charge on any atom is 0.319 e. The fourth-order valence-corrected chi connectivity index (χ4v) is 6.54. The number of hydrogen-bond donors (Lipinski definition) is 1. The molecule has 1 N–H and O–H groups in total. The number of pyridine rings is 1. The number of aromatic nitrogens is 1. The lowest BCUT2D eigenvalue weighted by atomic mass is 9.83. The van der Waals surface area contributed by atoms with E-state index in [1.165, 1.54) is 0 Å². The molecular formula is C31H41N5O5. The van der Waals surface area contributed by atoms with Crippen molar-refractivity contribution in [3.63, 3.8) is 0 Å². The molecule has 10 heteroatoms. The highest BCUT2D eigenvalue weighted by Gasteiger charge is 2.47. The molecule has 1 unspecified atom stereocenters. The Bertz CT molecular complexity index is 1240. The number of ether oxygens (including phenoxy) is 1. The molecule has 2 aromatic rings. The summed E-state index contributed by atoms with van der Waals surface area (Å²) in [5.74, 6) is -1.07. The highest BCUT2D eigenvalue weighted by atomic mass is 16.5. The van der Waals surface area contributed by atoms with Gasteiger partial charge in [-0.2, -0.15) is 0 Å². The SMILES string of the molecule is CCCCN(C(=O)CN1C[C@H](c2ccc3c(c2)CCO3)C(C(=O)O)[C@@H]1CCN1CCCN(C)C1=O)c1cccnc1. The summed E-state index contributed by atoms with van der Waals surface area (Å²) < 4.78 is 5.69. The molecule has 2 fully saturated rings. The Balaban J connectivity index is 1.42. The Kier molecular flexibility index (Phi) is 9.07. The maximum atomic E-state index is 13.8. The first-order valence-electron chi connectivity index (χ1n) is 14.8. The molecule has 2 saturated heterocycles. The van der Waals surface area contributed by atoms with E-state index in [0.717, 1.165) is 54.8 Å². The van der Waals surface area contributed by atoms with Crippen molar-refractivity contribution in [2.24, 2.45) is 5.92 Å². The molecule has 3 aliphatic rings. The molecule has 220 valence electrons. The Labute approximate surface area is 241 Å². The number of aliphatic carboxylic acids is 1. The number of benzene rings is 1. The highest BCUT2D eigenvalue weighted by Crippen LogP contribution is 2.41. The third kappa shape index (κ3) is 6.32. The van der Waals surface area contributed by atoms with Gasteiger partial charge >= 0.3 is 12.0 Å². The van der Waals surface area contributed by atoms with E-state index in [1.807, 2.05) is 34.1 Å². The minimum Gasteiger partial charge on any atom is -0.493 e. The summed E-state index contributed by atoms with van der Waals surface area (Å²) in [5.41, 5.74) is 2.81. The molecule has 3 aliphatic heterocycles. The van der Waals surface area contributed by atoms with Gasteiger partial charge in [0, 0.05) is 64.3 Å². The molecule has 0 bridgehead atoms. The maximum absolute atomic E-state index is 13.8. The molecule has 1 aromatic carbocycles. The zero-order chi connectivity index (χ0) is 28.9. The average molecular weight is 564 g/mol. The van der Waals surface area contributed by atoms with Crippen LogP contribution in [0.2, 0.25) is 0 Å². The predicted octanol–water partition coefficient (Wildman–Crippen LogP) is 3.47. The molecule has 10 nitrogen and oxygen atoms in total. The van der Waals surface area contributed by atoms with Crippen molar-refractivity contribution in [1.82, 2.24) is 19.7 Å². The minimum absolute atomic E-state index is 0.0266. The molecule has 0 spiro atoms. The number of nitrogens with zero attached hydrogens (tertiary/aromatic N) is 5. The van der Waals surface area contributed by atoms with Gasteiger partial charge < -0.3 is 24.5 Å². The fourth-order valence-electron chi connectivity index (χ4n) is 6.54. The number of anilines is 1. The fraction of sp³-hybridized carbons (Fsp3) is 0.548. The summed E-state index contributed by atoms with van der Waals surface area (Å²) in [6, 6.07) is 9.28. The normalized spacial score (nSPS) is 22.5. The van der Waals surface area contributed by atoms with Crippen LogP contribution in [-0.4, -0.2) is 102 Å². The second-order valence-electron chi connectivity index (χ2n) is 11.4. The summed E-state index contributed by atoms with van der Waals surface area (Å²) in [6.45, 7) is 5.69. The van der Waals surface area contributed by atoms with E-state index in [4.69, 9.17) is 4.74 Å². The van der Waals surface area contributed by atoms with E-state index in [9.17, 15) is 19.5 Å². The Morgan fingerprint density at radius 1 is 1.22 bits per heavy atom. The monoisotopic (exact) mass is 563 g/mol. The lowest BCUT2D eigenvalue weighted by Gasteiger charge is -2.35. The standard InChI is InChI=1S/C31H41N5O5/c1-3-4-15-36(24-7-5-12-32-19-24)28(37)21-35-20-25(22-8-9-27-23(18-22)11-17-41-27)29(30(38)39)26(35)10-16-34-14-6-13-33(2)31(34)40/h5,7-9,12,18-19,25-26,29H,3-4,6,10-11,13-17,20-21H2,1-2H3,(H,38,39)/t25-,26+,29?/m1/s1. The topological polar surface area (TPSA) is 107 Å². The molecule has 3 amide bonds. The van der Waals surface area contributed by atoms with E-state index in [-0.39, 0.29) is 24.4 Å². The molecular weight excluding hydrogens is 522 g/mol. The number of likely N-dealkylation sites (tertiary alicyclic amines) is 1. The zero-order valence-electron chi connectivity index (χ0n) is 24.1. The van der Waals surface area contributed by atoms with Crippen molar-refractivity contribution in [3.8, 4) is 5.75 Å². The van der Waals surface area contributed by atoms with Gasteiger partial charge in [0.05, 0.1) is 31.0 Å². The second kappa shape index (κ2) is 12.9. The highest BCUT2D eigenvalue weighted by molar-refractivity contribution is 5.94. The first kappa shape index (κ1) is 28.9. The van der Waals surface area contributed by atoms with Crippen LogP contribution in [0.4, 0.5) is 10.5 Å². The lowest BCUT2D eigenvalue weighted by molar-refractivity contribution is -0.143. The van der Waals surface area contributed by atoms with Crippen LogP contribution in [0.3, 0.4) is 0 Å². The molecule has 0 radical (unpaired) electrons. The number of carbonyl (C=O) groups is 3. The number of carboxylic acid groups (broad SMARTS) is 1. The molecule has 0 aliphatic carbocycles. The zero-order valence-corrected chi connectivity index (χ0v) is 24.1. The summed E-state index contributed by atoms with van der Waals surface area (Å²) in [7, 11) is 1.80. The van der Waals surface area contributed by atoms with Crippen molar-refractivity contribution in [2.45, 2.75) is 51.0 Å². The Hall–Kier alpha value is -3.66. The van der Waals surface area contributed by atoms with Gasteiger partial charge in [0.15, 0.2) is 0 Å². The third-order valence-electron chi connectivity index (χ3n) is 8.72. The van der Waals surface area contributed by atoms with Crippen molar-refractivity contribution in [3.05, 3.63) is 53.9 Å². The summed E-state index contributed by atoms with van der Waals surface area (Å²) >= 11 is 0. The average Bonchev–Trinajstić information content (AvgIpc) is 3.59. The number of hydrogen-bond acceptors (Lipinski definition) is 6. The predicted molar refractivity (Wildman–Crippen MR) is 155 cm³/mol.